The van der Waals surface area contributed by atoms with E-state index in [4.69, 9.17) is 0 Å². The fourth-order valence-corrected chi connectivity index (χ4v) is 3.50. The summed E-state index contributed by atoms with van der Waals surface area (Å²) in [6.07, 6.45) is 3.13. The molecule has 2 aromatic rings. The molecule has 0 unspecified atom stereocenters. The van der Waals surface area contributed by atoms with E-state index in [2.05, 4.69) is 71.7 Å². The summed E-state index contributed by atoms with van der Waals surface area (Å²) in [5, 5.41) is 7.88. The fourth-order valence-electron chi connectivity index (χ4n) is 2.56. The number of guanidine groups is 1. The summed E-state index contributed by atoms with van der Waals surface area (Å²) in [4.78, 5) is 10.5. The molecule has 25 heavy (non-hydrogen) atoms. The van der Waals surface area contributed by atoms with Crippen molar-refractivity contribution in [2.75, 3.05) is 19.6 Å². The highest BCUT2D eigenvalue weighted by molar-refractivity contribution is 14.0. The Labute approximate surface area is 172 Å². The molecule has 1 aromatic heterocycles. The minimum atomic E-state index is 0. The molecule has 1 aromatic carbocycles. The molecule has 0 aliphatic heterocycles. The second-order valence-electron chi connectivity index (χ2n) is 5.77. The van der Waals surface area contributed by atoms with Gasteiger partial charge in [-0.1, -0.05) is 30.3 Å². The van der Waals surface area contributed by atoms with Crippen molar-refractivity contribution >= 4 is 41.3 Å². The molecule has 4 nitrogen and oxygen atoms in total. The molecule has 1 heterocycles. The summed E-state index contributed by atoms with van der Waals surface area (Å²) in [5.41, 5.74) is 2.53. The summed E-state index contributed by atoms with van der Waals surface area (Å²) in [6, 6.07) is 10.6. The maximum Gasteiger partial charge on any atom is 0.191 e. The molecule has 2 N–H and O–H groups in total. The second-order valence-corrected chi connectivity index (χ2v) is 7.06. The molecule has 0 radical (unpaired) electrons. The van der Waals surface area contributed by atoms with E-state index in [0.717, 1.165) is 55.6 Å². The zero-order valence-corrected chi connectivity index (χ0v) is 18.5. The molecule has 0 saturated heterocycles. The predicted octanol–water partition coefficient (Wildman–Crippen LogP) is 4.11. The third kappa shape index (κ3) is 8.18. The van der Waals surface area contributed by atoms with Gasteiger partial charge in [0.2, 0.25) is 0 Å². The molecule has 0 fully saturated rings. The molecule has 2 rings (SSSR count). The van der Waals surface area contributed by atoms with Gasteiger partial charge in [-0.25, -0.2) is 4.98 Å². The molecule has 6 heteroatoms. The van der Waals surface area contributed by atoms with Gasteiger partial charge in [0.25, 0.3) is 0 Å². The SMILES string of the molecule is CCNC(=NCCCc1ccccc1)NCCc1sc(C)nc1C.I. The van der Waals surface area contributed by atoms with Crippen molar-refractivity contribution in [1.29, 1.82) is 0 Å². The standard InChI is InChI=1S/C19H28N4S.HI/c1-4-20-19(21-13-8-11-17-9-6-5-7-10-17)22-14-12-18-15(2)23-16(3)24-18;/h5-7,9-10H,4,8,11-14H2,1-3H3,(H2,20,21,22);1H. The van der Waals surface area contributed by atoms with Crippen molar-refractivity contribution in [2.24, 2.45) is 4.99 Å². The number of aromatic nitrogens is 1. The average molecular weight is 472 g/mol. The largest absolute Gasteiger partial charge is 0.357 e. The Morgan fingerprint density at radius 1 is 1.12 bits per heavy atom. The molecular formula is C19H29IN4S. The number of nitrogens with one attached hydrogen (secondary N) is 2. The van der Waals surface area contributed by atoms with Crippen molar-refractivity contribution in [1.82, 2.24) is 15.6 Å². The highest BCUT2D eigenvalue weighted by Gasteiger charge is 2.05. The van der Waals surface area contributed by atoms with Crippen LogP contribution in [0.5, 0.6) is 0 Å². The van der Waals surface area contributed by atoms with Gasteiger partial charge in [-0.15, -0.1) is 35.3 Å². The van der Waals surface area contributed by atoms with E-state index in [0.29, 0.717) is 0 Å². The van der Waals surface area contributed by atoms with Gasteiger partial charge in [0.05, 0.1) is 10.7 Å². The summed E-state index contributed by atoms with van der Waals surface area (Å²) in [7, 11) is 0. The summed E-state index contributed by atoms with van der Waals surface area (Å²) in [5.74, 6) is 0.907. The molecule has 0 amide bonds. The van der Waals surface area contributed by atoms with E-state index < -0.39 is 0 Å². The van der Waals surface area contributed by atoms with Gasteiger partial charge in [-0.2, -0.15) is 0 Å². The first-order valence-electron chi connectivity index (χ1n) is 8.68. The lowest BCUT2D eigenvalue weighted by atomic mass is 10.1. The van der Waals surface area contributed by atoms with Crippen LogP contribution in [0.3, 0.4) is 0 Å². The maximum absolute atomic E-state index is 4.67. The van der Waals surface area contributed by atoms with E-state index in [-0.39, 0.29) is 24.0 Å². The van der Waals surface area contributed by atoms with Crippen LogP contribution in [0.15, 0.2) is 35.3 Å². The summed E-state index contributed by atoms with van der Waals surface area (Å²) >= 11 is 1.79. The Hall–Kier alpha value is -1.15. The van der Waals surface area contributed by atoms with Crippen LogP contribution in [0.1, 0.15) is 34.5 Å². The molecule has 0 saturated carbocycles. The van der Waals surface area contributed by atoms with E-state index in [1.165, 1.54) is 10.4 Å². The molecule has 0 spiro atoms. The highest BCUT2D eigenvalue weighted by atomic mass is 127. The van der Waals surface area contributed by atoms with Gasteiger partial charge in [0.15, 0.2) is 5.96 Å². The van der Waals surface area contributed by atoms with Gasteiger partial charge in [-0.3, -0.25) is 4.99 Å². The monoisotopic (exact) mass is 472 g/mol. The van der Waals surface area contributed by atoms with Crippen LogP contribution < -0.4 is 10.6 Å². The quantitative estimate of drug-likeness (QED) is 0.263. The number of halogens is 1. The van der Waals surface area contributed by atoms with Crippen LogP contribution in [0.4, 0.5) is 0 Å². The molecule has 138 valence electrons. The minimum Gasteiger partial charge on any atom is -0.357 e. The third-order valence-electron chi connectivity index (χ3n) is 3.72. The lowest BCUT2D eigenvalue weighted by Gasteiger charge is -2.11. The number of aryl methyl sites for hydroxylation is 3. The molecular weight excluding hydrogens is 443 g/mol. The topological polar surface area (TPSA) is 49.3 Å². The number of benzene rings is 1. The van der Waals surface area contributed by atoms with E-state index in [1.807, 2.05) is 0 Å². The second kappa shape index (κ2) is 12.2. The van der Waals surface area contributed by atoms with Gasteiger partial charge in [-0.05, 0) is 39.2 Å². The Balaban J connectivity index is 0.00000312. The number of hydrogen-bond donors (Lipinski definition) is 2. The zero-order valence-electron chi connectivity index (χ0n) is 15.3. The number of rotatable bonds is 8. The summed E-state index contributed by atoms with van der Waals surface area (Å²) < 4.78 is 0. The van der Waals surface area contributed by atoms with Crippen LogP contribution >= 0.6 is 35.3 Å². The molecule has 0 atom stereocenters. The van der Waals surface area contributed by atoms with Crippen molar-refractivity contribution in [2.45, 2.75) is 40.0 Å². The lowest BCUT2D eigenvalue weighted by Crippen LogP contribution is -2.38. The van der Waals surface area contributed by atoms with E-state index >= 15 is 0 Å². The third-order valence-corrected chi connectivity index (χ3v) is 4.86. The first-order valence-corrected chi connectivity index (χ1v) is 9.49. The van der Waals surface area contributed by atoms with Crippen molar-refractivity contribution < 1.29 is 0 Å². The number of nitrogens with zero attached hydrogens (tertiary/aromatic N) is 2. The van der Waals surface area contributed by atoms with Gasteiger partial charge < -0.3 is 10.6 Å². The minimum absolute atomic E-state index is 0. The predicted molar refractivity (Wildman–Crippen MR) is 119 cm³/mol. The Morgan fingerprint density at radius 2 is 1.88 bits per heavy atom. The van der Waals surface area contributed by atoms with Crippen LogP contribution in [-0.2, 0) is 12.8 Å². The van der Waals surface area contributed by atoms with Gasteiger partial charge in [0.1, 0.15) is 0 Å². The van der Waals surface area contributed by atoms with Crippen LogP contribution in [0, 0.1) is 13.8 Å². The average Bonchev–Trinajstić information content (AvgIpc) is 2.90. The first kappa shape index (κ1) is 21.9. The maximum atomic E-state index is 4.67. The van der Waals surface area contributed by atoms with E-state index in [9.17, 15) is 0 Å². The van der Waals surface area contributed by atoms with Gasteiger partial charge >= 0.3 is 0 Å². The molecule has 0 bridgehead atoms. The van der Waals surface area contributed by atoms with Crippen molar-refractivity contribution in [3.8, 4) is 0 Å². The normalized spacial score (nSPS) is 11.1. The first-order chi connectivity index (χ1) is 11.7. The Morgan fingerprint density at radius 3 is 2.52 bits per heavy atom. The lowest BCUT2D eigenvalue weighted by molar-refractivity contribution is 0.778. The summed E-state index contributed by atoms with van der Waals surface area (Å²) in [6.45, 7) is 8.84. The van der Waals surface area contributed by atoms with Crippen LogP contribution in [0.2, 0.25) is 0 Å². The van der Waals surface area contributed by atoms with Crippen molar-refractivity contribution in [3.05, 3.63) is 51.5 Å². The van der Waals surface area contributed by atoms with Crippen LogP contribution in [-0.4, -0.2) is 30.6 Å². The smallest absolute Gasteiger partial charge is 0.191 e. The molecule has 0 aliphatic carbocycles. The highest BCUT2D eigenvalue weighted by Crippen LogP contribution is 2.16. The van der Waals surface area contributed by atoms with E-state index in [1.54, 1.807) is 11.3 Å². The zero-order chi connectivity index (χ0) is 17.2. The Bertz CT molecular complexity index is 640. The number of hydrogen-bond acceptors (Lipinski definition) is 3. The number of aliphatic imine (C=N–C) groups is 1. The fraction of sp³-hybridized carbons (Fsp3) is 0.474. The van der Waals surface area contributed by atoms with Crippen molar-refractivity contribution in [3.63, 3.8) is 0 Å². The Kier molecular flexibility index (Phi) is 10.7. The van der Waals surface area contributed by atoms with Crippen LogP contribution in [0.25, 0.3) is 0 Å². The number of thiazole rings is 1. The van der Waals surface area contributed by atoms with Gasteiger partial charge in [0, 0.05) is 30.9 Å². The molecule has 0 aliphatic rings.